The van der Waals surface area contributed by atoms with Gasteiger partial charge >= 0.3 is 12.7 Å². The first-order chi connectivity index (χ1) is 69.0. The lowest BCUT2D eigenvalue weighted by Gasteiger charge is -2.23. The van der Waals surface area contributed by atoms with Gasteiger partial charge in [0.15, 0.2) is 0 Å². The normalized spacial score (nSPS) is 12.2. The maximum Gasteiger partial charge on any atom is 0.573 e. The Kier molecular flexibility index (Phi) is 39.1. The summed E-state index contributed by atoms with van der Waals surface area (Å²) in [4.78, 5) is 58.2. The van der Waals surface area contributed by atoms with Crippen molar-refractivity contribution in [2.45, 2.75) is 137 Å². The van der Waals surface area contributed by atoms with Crippen LogP contribution in [0.3, 0.4) is 0 Å². The number of aliphatic hydroxyl groups is 4. The van der Waals surface area contributed by atoms with E-state index in [1.807, 2.05) is 166 Å². The number of halogens is 14. The first-order valence-corrected chi connectivity index (χ1v) is 49.3. The van der Waals surface area contributed by atoms with Gasteiger partial charge in [-0.25, -0.2) is 19.3 Å². The van der Waals surface area contributed by atoms with E-state index in [4.69, 9.17) is 96.2 Å². The van der Waals surface area contributed by atoms with Gasteiger partial charge in [0.25, 0.3) is 0 Å². The summed E-state index contributed by atoms with van der Waals surface area (Å²) < 4.78 is 105. The fourth-order valence-electron chi connectivity index (χ4n) is 17.1. The van der Waals surface area contributed by atoms with E-state index in [1.165, 1.54) is 37.3 Å². The predicted molar refractivity (Wildman–Crippen MR) is 560 cm³/mol. The largest absolute Gasteiger partial charge is 0.573 e. The van der Waals surface area contributed by atoms with E-state index in [2.05, 4.69) is 53.6 Å². The summed E-state index contributed by atoms with van der Waals surface area (Å²) in [6.07, 6.45) is -6.87. The molecule has 12 aromatic carbocycles. The van der Waals surface area contributed by atoms with Crippen LogP contribution in [0.2, 0.25) is 35.2 Å². The molecule has 15 aromatic rings. The molecule has 0 saturated heterocycles. The minimum atomic E-state index is -4.79. The summed E-state index contributed by atoms with van der Waals surface area (Å²) in [5.74, 6) is 1.05. The molecule has 7 N–H and O–H groups in total. The summed E-state index contributed by atoms with van der Waals surface area (Å²) in [6, 6.07) is 72.9. The first-order valence-electron chi connectivity index (χ1n) is 46.7. The number of imidazole rings is 3. The van der Waals surface area contributed by atoms with Crippen LogP contribution in [0.5, 0.6) is 11.5 Å². The Labute approximate surface area is 865 Å². The van der Waals surface area contributed by atoms with Gasteiger partial charge < -0.3 is 74.3 Å². The zero-order valence-corrected chi connectivity index (χ0v) is 84.7. The molecule has 0 aliphatic carbocycles. The number of hydrogen-bond donors (Lipinski definition) is 7. The van der Waals surface area contributed by atoms with E-state index in [1.54, 1.807) is 80.6 Å². The molecule has 756 valence electrons. The molecule has 3 unspecified atom stereocenters. The predicted octanol–water partition coefficient (Wildman–Crippen LogP) is 25.4. The summed E-state index contributed by atoms with van der Waals surface area (Å²) >= 11 is 43.1. The van der Waals surface area contributed by atoms with Crippen LogP contribution in [0.4, 0.5) is 47.8 Å². The quantitative estimate of drug-likeness (QED) is 0.0175. The Morgan fingerprint density at radius 2 is 0.611 bits per heavy atom. The number of benzene rings is 12. The van der Waals surface area contributed by atoms with E-state index in [9.17, 15) is 65.5 Å². The summed E-state index contributed by atoms with van der Waals surface area (Å²) in [5, 5.41) is 51.3. The molecule has 0 radical (unpaired) electrons. The molecule has 3 aromatic heterocycles. The molecule has 144 heavy (non-hydrogen) atoms. The van der Waals surface area contributed by atoms with E-state index < -0.39 is 18.5 Å². The van der Waals surface area contributed by atoms with Crippen molar-refractivity contribution >= 4 is 149 Å². The van der Waals surface area contributed by atoms with E-state index in [0.717, 1.165) is 138 Å². The second-order valence-electron chi connectivity index (χ2n) is 34.7. The topological polar surface area (TPSA) is 250 Å². The molecule has 0 saturated carbocycles. The lowest BCUT2D eigenvalue weighted by Crippen LogP contribution is -2.29. The van der Waals surface area contributed by atoms with Gasteiger partial charge in [-0.3, -0.25) is 14.4 Å². The fourth-order valence-corrected chi connectivity index (χ4v) is 18.2. The smallest absolute Gasteiger partial charge is 0.406 e. The van der Waals surface area contributed by atoms with Crippen molar-refractivity contribution < 1.29 is 75.0 Å². The lowest BCUT2D eigenvalue weighted by molar-refractivity contribution is -0.275. The standard InChI is InChI=1S/C37H37Cl2F3N4O3.C36H36Cl3FN4O2.C36H35Cl2F3N4O4/c1-3-16-45(17-18-47)29-10-7-27(8-11-29)36-44-34-21-28(33(19-24(2)48)43-22-26-6-14-31(38)32(39)20-26)9-15-35(34)46(36)23-25-4-12-30(13-5-25)49-37(40,41)42;1-3-14-43(15-16-45)28-9-6-26(7-10-28)36-42-34-20-27(8-13-35(34)44(36)22-25-5-12-32(40)31(39)19-25)33(17-23(2)46)41-21-24-4-11-29(37)30(38)18-24;1-23(48)18-32(42-21-25-4-12-30(37)31(38)19-25)27-7-13-34-33(20-27)43-35(26-5-8-28(9-6-26)44(14-16-46)15-17-47)45(34)22-24-2-10-29(11-3-24)49-36(39,40)41/h4-15,20-21,33,43,47H,3,16-19,22-23H2,1-2H3;4-13,18-20,33,41,45H,3,14-17,21-22H2,1-2H3;2-13,19-20,32,42,46-47H,14-18,21-22H2,1H3. The molecule has 0 fully saturated rings. The van der Waals surface area contributed by atoms with Crippen molar-refractivity contribution in [2.75, 3.05) is 80.4 Å². The number of fused-ring (bicyclic) bond motifs is 3. The maximum atomic E-state index is 14.0. The minimum Gasteiger partial charge on any atom is -0.406 e. The van der Waals surface area contributed by atoms with Gasteiger partial charge in [-0.1, -0.05) is 162 Å². The van der Waals surface area contributed by atoms with Crippen LogP contribution in [0.25, 0.3) is 67.3 Å². The van der Waals surface area contributed by atoms with Crippen LogP contribution in [0.15, 0.2) is 249 Å². The SMILES string of the molecule is CC(=O)CC(NCc1ccc(Cl)c(Cl)c1)c1ccc2c(c1)nc(-c1ccc(N(CCO)CCO)cc1)n2Cc1ccc(OC(F)(F)F)cc1.CCCN(CCO)c1ccc(-c2nc3cc(C(CC(C)=O)NCc4ccc(Cl)c(Cl)c4)ccc3n2Cc2ccc(F)c(Cl)c2)cc1.CCCN(CCO)c1ccc(-c2nc3cc(C(CC(C)=O)NCc4ccc(Cl)c(Cl)c4)ccc3n2Cc2ccc(OC(F)(F)F)cc2)cc1. The van der Waals surface area contributed by atoms with Crippen molar-refractivity contribution in [3.8, 4) is 45.7 Å². The molecular formula is C109H108Cl7F7N12O9. The number of anilines is 3. The second-order valence-corrected chi connectivity index (χ2v) is 37.6. The molecule has 0 amide bonds. The van der Waals surface area contributed by atoms with Gasteiger partial charge in [0, 0.05) is 150 Å². The third-order valence-electron chi connectivity index (χ3n) is 23.9. The van der Waals surface area contributed by atoms with E-state index in [0.29, 0.717) is 125 Å². The number of ketones is 3. The molecule has 21 nitrogen and oxygen atoms in total. The molecular weight excluding hydrogens is 2000 g/mol. The highest BCUT2D eigenvalue weighted by Crippen LogP contribution is 2.39. The van der Waals surface area contributed by atoms with Gasteiger partial charge in [0.2, 0.25) is 0 Å². The zero-order valence-electron chi connectivity index (χ0n) is 79.4. The van der Waals surface area contributed by atoms with Crippen LogP contribution >= 0.6 is 81.2 Å². The molecule has 35 heteroatoms. The number of nitrogens with zero attached hydrogens (tertiary/aromatic N) is 9. The average molecular weight is 2110 g/mol. The Hall–Kier alpha value is -11.7. The van der Waals surface area contributed by atoms with Gasteiger partial charge in [-0.2, -0.15) is 0 Å². The number of ether oxygens (including phenoxy) is 2. The first kappa shape index (κ1) is 110. The van der Waals surface area contributed by atoms with E-state index in [-0.39, 0.29) is 91.3 Å². The summed E-state index contributed by atoms with van der Waals surface area (Å²) in [7, 11) is 0. The monoisotopic (exact) mass is 2110 g/mol. The summed E-state index contributed by atoms with van der Waals surface area (Å²) in [5.41, 5.74) is 17.7. The Morgan fingerprint density at radius 1 is 0.340 bits per heavy atom. The number of alkyl halides is 6. The number of aromatic nitrogens is 6. The van der Waals surface area contributed by atoms with Crippen LogP contribution in [-0.2, 0) is 53.7 Å². The number of Topliss-reactive ketones (excluding diaryl/α,β-unsaturated/α-hetero) is 3. The molecule has 0 bridgehead atoms. The van der Waals surface area contributed by atoms with Crippen LogP contribution in [-0.4, -0.2) is 145 Å². The number of carbonyl (C=O) groups excluding carboxylic acids is 3. The van der Waals surface area contributed by atoms with Gasteiger partial charge in [-0.15, -0.1) is 26.3 Å². The molecule has 0 aliphatic heterocycles. The molecule has 15 rings (SSSR count). The van der Waals surface area contributed by atoms with E-state index >= 15 is 0 Å². The van der Waals surface area contributed by atoms with Crippen molar-refractivity contribution in [1.29, 1.82) is 0 Å². The number of hydrogen-bond acceptors (Lipinski definition) is 18. The average Bonchev–Trinajstić information content (AvgIpc) is 1.63. The highest BCUT2D eigenvalue weighted by atomic mass is 35.5. The fraction of sp³-hybridized carbons (Fsp3) is 0.284. The van der Waals surface area contributed by atoms with Crippen molar-refractivity contribution in [1.82, 2.24) is 44.6 Å². The Balaban J connectivity index is 0.000000181. The number of rotatable bonds is 44. The van der Waals surface area contributed by atoms with Crippen LogP contribution in [0, 0.1) is 5.82 Å². The molecule has 3 atom stereocenters. The molecule has 0 spiro atoms. The van der Waals surface area contributed by atoms with Gasteiger partial charge in [-0.05, 0) is 266 Å². The van der Waals surface area contributed by atoms with Crippen molar-refractivity contribution in [2.24, 2.45) is 0 Å². The second kappa shape index (κ2) is 51.4. The highest BCUT2D eigenvalue weighted by molar-refractivity contribution is 6.43. The third-order valence-corrected chi connectivity index (χ3v) is 26.4. The third kappa shape index (κ3) is 30.3. The Morgan fingerprint density at radius 3 is 0.875 bits per heavy atom. The number of nitrogens with one attached hydrogen (secondary N) is 3. The molecule has 3 heterocycles. The minimum absolute atomic E-state index is 0.00688. The number of aliphatic hydroxyl groups excluding tert-OH is 4. The zero-order chi connectivity index (χ0) is 103. The highest BCUT2D eigenvalue weighted by Gasteiger charge is 2.33. The lowest BCUT2D eigenvalue weighted by atomic mass is 10.0. The Bertz CT molecular complexity index is 6590. The van der Waals surface area contributed by atoms with Gasteiger partial charge in [0.1, 0.15) is 52.1 Å². The van der Waals surface area contributed by atoms with Crippen LogP contribution in [0.1, 0.15) is 135 Å². The van der Waals surface area contributed by atoms with Crippen LogP contribution < -0.4 is 40.1 Å². The van der Waals surface area contributed by atoms with Crippen molar-refractivity contribution in [3.05, 3.63) is 340 Å². The number of carbonyl (C=O) groups is 3. The van der Waals surface area contributed by atoms with Gasteiger partial charge in [0.05, 0.1) is 94.7 Å². The summed E-state index contributed by atoms with van der Waals surface area (Å²) in [6.45, 7) is 14.7. The van der Waals surface area contributed by atoms with Crippen molar-refractivity contribution in [3.63, 3.8) is 0 Å². The molecule has 0 aliphatic rings. The maximum absolute atomic E-state index is 14.0.